The van der Waals surface area contributed by atoms with Crippen molar-refractivity contribution in [1.82, 2.24) is 20.6 Å². The van der Waals surface area contributed by atoms with Gasteiger partial charge in [-0.2, -0.15) is 0 Å². The zero-order valence-electron chi connectivity index (χ0n) is 31.8. The standard InChI is InChI=1S/2C24H22N2.C2H4O2/c2*1-2-4-20-15-23(14-19(20)3-1)26-16-17-5-7-18(8-6-17)21-9-10-24-22(13-21)11-12-25-24;1-2(3)4/h2*1-13,23,25-26H,14-16H2;1H3,(H,3,4). The number of aromatic amines is 2. The van der Waals surface area contributed by atoms with Gasteiger partial charge in [-0.3, -0.25) is 4.79 Å². The van der Waals surface area contributed by atoms with Gasteiger partial charge < -0.3 is 25.7 Å². The molecule has 6 nitrogen and oxygen atoms in total. The molecular weight excluding hydrogens is 689 g/mol. The molecule has 0 amide bonds. The molecule has 0 atom stereocenters. The van der Waals surface area contributed by atoms with Gasteiger partial charge in [0.05, 0.1) is 0 Å². The normalized spacial score (nSPS) is 13.4. The minimum Gasteiger partial charge on any atom is -0.481 e. The summed E-state index contributed by atoms with van der Waals surface area (Å²) in [5.74, 6) is -0.833. The van der Waals surface area contributed by atoms with Crippen molar-refractivity contribution in [3.05, 3.63) is 191 Å². The lowest BCUT2D eigenvalue weighted by Gasteiger charge is -2.12. The topological polar surface area (TPSA) is 92.9 Å². The number of carbonyl (C=O) groups is 1. The van der Waals surface area contributed by atoms with Gasteiger partial charge in [0.1, 0.15) is 0 Å². The van der Waals surface area contributed by atoms with Crippen LogP contribution in [0, 0.1) is 0 Å². The lowest BCUT2D eigenvalue weighted by Crippen LogP contribution is -2.28. The van der Waals surface area contributed by atoms with Crippen LogP contribution in [0.3, 0.4) is 0 Å². The van der Waals surface area contributed by atoms with Gasteiger partial charge in [-0.15, -0.1) is 0 Å². The molecule has 8 aromatic rings. The third-order valence-corrected chi connectivity index (χ3v) is 11.0. The van der Waals surface area contributed by atoms with Gasteiger partial charge in [0.15, 0.2) is 0 Å². The molecule has 280 valence electrons. The summed E-state index contributed by atoms with van der Waals surface area (Å²) in [7, 11) is 0. The van der Waals surface area contributed by atoms with E-state index in [1.807, 2.05) is 12.4 Å². The van der Waals surface area contributed by atoms with Crippen molar-refractivity contribution in [2.75, 3.05) is 0 Å². The van der Waals surface area contributed by atoms with E-state index in [2.05, 4.69) is 166 Å². The molecular formula is C50H48N4O2. The van der Waals surface area contributed by atoms with Crippen LogP contribution in [0.4, 0.5) is 0 Å². The third-order valence-electron chi connectivity index (χ3n) is 11.0. The maximum absolute atomic E-state index is 9.00. The molecule has 56 heavy (non-hydrogen) atoms. The first-order valence-electron chi connectivity index (χ1n) is 19.6. The molecule has 0 saturated heterocycles. The monoisotopic (exact) mass is 736 g/mol. The Kier molecular flexibility index (Phi) is 11.2. The summed E-state index contributed by atoms with van der Waals surface area (Å²) in [6, 6.07) is 54.0. The number of nitrogens with one attached hydrogen (secondary N) is 4. The molecule has 2 aromatic heterocycles. The quantitative estimate of drug-likeness (QED) is 0.107. The van der Waals surface area contributed by atoms with Crippen molar-refractivity contribution >= 4 is 27.8 Å². The zero-order chi connectivity index (χ0) is 38.3. The summed E-state index contributed by atoms with van der Waals surface area (Å²) in [5.41, 5.74) is 16.1. The van der Waals surface area contributed by atoms with Gasteiger partial charge in [0.25, 0.3) is 5.97 Å². The number of rotatable bonds is 8. The van der Waals surface area contributed by atoms with Crippen LogP contribution in [0.15, 0.2) is 158 Å². The Labute approximate surface area is 328 Å². The number of benzene rings is 6. The van der Waals surface area contributed by atoms with E-state index in [1.54, 1.807) is 0 Å². The fourth-order valence-corrected chi connectivity index (χ4v) is 8.03. The summed E-state index contributed by atoms with van der Waals surface area (Å²) in [4.78, 5) is 15.5. The minimum absolute atomic E-state index is 0.558. The highest BCUT2D eigenvalue weighted by atomic mass is 16.4. The van der Waals surface area contributed by atoms with Crippen molar-refractivity contribution in [2.45, 2.75) is 57.8 Å². The maximum Gasteiger partial charge on any atom is 0.300 e. The Morgan fingerprint density at radius 1 is 0.518 bits per heavy atom. The predicted octanol–water partition coefficient (Wildman–Crippen LogP) is 10.3. The van der Waals surface area contributed by atoms with E-state index in [0.717, 1.165) is 45.7 Å². The molecule has 2 aliphatic carbocycles. The number of fused-ring (bicyclic) bond motifs is 4. The Morgan fingerprint density at radius 2 is 0.857 bits per heavy atom. The fraction of sp³-hybridized carbons (Fsp3) is 0.180. The summed E-state index contributed by atoms with van der Waals surface area (Å²) in [5, 5.41) is 17.4. The van der Waals surface area contributed by atoms with Crippen molar-refractivity contribution < 1.29 is 9.90 Å². The Morgan fingerprint density at radius 3 is 1.21 bits per heavy atom. The highest BCUT2D eigenvalue weighted by Gasteiger charge is 2.21. The smallest absolute Gasteiger partial charge is 0.300 e. The van der Waals surface area contributed by atoms with Gasteiger partial charge in [0.2, 0.25) is 0 Å². The van der Waals surface area contributed by atoms with Crippen molar-refractivity contribution in [2.24, 2.45) is 0 Å². The van der Waals surface area contributed by atoms with Crippen LogP contribution in [-0.4, -0.2) is 33.1 Å². The fourth-order valence-electron chi connectivity index (χ4n) is 8.03. The predicted molar refractivity (Wildman–Crippen MR) is 230 cm³/mol. The van der Waals surface area contributed by atoms with Crippen LogP contribution in [0.25, 0.3) is 44.1 Å². The highest BCUT2D eigenvalue weighted by molar-refractivity contribution is 5.86. The zero-order valence-corrected chi connectivity index (χ0v) is 31.8. The molecule has 6 heteroatoms. The van der Waals surface area contributed by atoms with E-state index in [-0.39, 0.29) is 0 Å². The highest BCUT2D eigenvalue weighted by Crippen LogP contribution is 2.27. The average Bonchev–Trinajstić information content (AvgIpc) is 4.05. The number of hydrogen-bond donors (Lipinski definition) is 5. The van der Waals surface area contributed by atoms with Crippen molar-refractivity contribution in [1.29, 1.82) is 0 Å². The number of aliphatic carboxylic acids is 1. The largest absolute Gasteiger partial charge is 0.481 e. The molecule has 10 rings (SSSR count). The number of hydrogen-bond acceptors (Lipinski definition) is 3. The molecule has 5 N–H and O–H groups in total. The first kappa shape index (κ1) is 36.8. The molecule has 0 radical (unpaired) electrons. The average molecular weight is 737 g/mol. The minimum atomic E-state index is -0.833. The lowest BCUT2D eigenvalue weighted by molar-refractivity contribution is -0.134. The summed E-state index contributed by atoms with van der Waals surface area (Å²) in [6.07, 6.45) is 8.56. The number of H-pyrrole nitrogens is 2. The Bertz CT molecular complexity index is 2320. The van der Waals surface area contributed by atoms with Crippen molar-refractivity contribution in [3.63, 3.8) is 0 Å². The first-order valence-corrected chi connectivity index (χ1v) is 19.6. The number of aromatic nitrogens is 2. The summed E-state index contributed by atoms with van der Waals surface area (Å²) < 4.78 is 0. The maximum atomic E-state index is 9.00. The molecule has 6 aromatic carbocycles. The van der Waals surface area contributed by atoms with E-state index < -0.39 is 5.97 Å². The second-order valence-electron chi connectivity index (χ2n) is 15.0. The molecule has 2 heterocycles. The van der Waals surface area contributed by atoms with E-state index in [0.29, 0.717) is 12.1 Å². The van der Waals surface area contributed by atoms with Crippen molar-refractivity contribution in [3.8, 4) is 22.3 Å². The lowest BCUT2D eigenvalue weighted by atomic mass is 10.0. The molecule has 0 fully saturated rings. The van der Waals surface area contributed by atoms with Gasteiger partial charge >= 0.3 is 0 Å². The van der Waals surface area contributed by atoms with Crippen LogP contribution in [0.5, 0.6) is 0 Å². The van der Waals surface area contributed by atoms with E-state index >= 15 is 0 Å². The second-order valence-corrected chi connectivity index (χ2v) is 15.0. The third kappa shape index (κ3) is 9.01. The van der Waals surface area contributed by atoms with Gasteiger partial charge in [0, 0.05) is 55.5 Å². The Balaban J connectivity index is 0.000000144. The van der Waals surface area contributed by atoms with Crippen LogP contribution in [0.1, 0.15) is 40.3 Å². The first-order chi connectivity index (χ1) is 27.4. The van der Waals surface area contributed by atoms with Crippen LogP contribution < -0.4 is 10.6 Å². The molecule has 2 aliphatic rings. The van der Waals surface area contributed by atoms with Gasteiger partial charge in [-0.25, -0.2) is 0 Å². The number of carboxylic acid groups (broad SMARTS) is 1. The number of carboxylic acids is 1. The molecule has 0 unspecified atom stereocenters. The van der Waals surface area contributed by atoms with E-state index in [9.17, 15) is 0 Å². The van der Waals surface area contributed by atoms with E-state index in [1.165, 1.54) is 77.4 Å². The molecule has 0 saturated carbocycles. The van der Waals surface area contributed by atoms with E-state index in [4.69, 9.17) is 9.90 Å². The van der Waals surface area contributed by atoms with Gasteiger partial charge in [-0.1, -0.05) is 109 Å². The Hall–Kier alpha value is -6.21. The SMILES string of the molecule is CC(=O)O.c1ccc2c(c1)CC(NCc1ccc(-c3ccc4[nH]ccc4c3)cc1)C2.c1ccc2c(c1)CC(NCc1ccc(-c3ccc4[nH]ccc4c3)cc1)C2. The second kappa shape index (κ2) is 17.1. The van der Waals surface area contributed by atoms with Gasteiger partial charge in [-0.05, 0) is 128 Å². The van der Waals surface area contributed by atoms with Crippen LogP contribution in [-0.2, 0) is 43.6 Å². The van der Waals surface area contributed by atoms with Crippen LogP contribution >= 0.6 is 0 Å². The van der Waals surface area contributed by atoms with Crippen LogP contribution in [0.2, 0.25) is 0 Å². The summed E-state index contributed by atoms with van der Waals surface area (Å²) in [6.45, 7) is 2.94. The molecule has 0 spiro atoms. The molecule has 0 bridgehead atoms. The summed E-state index contributed by atoms with van der Waals surface area (Å²) >= 11 is 0. The molecule has 0 aliphatic heterocycles.